The number of anilines is 2. The van der Waals surface area contributed by atoms with Gasteiger partial charge in [-0.15, -0.1) is 0 Å². The number of fused-ring (bicyclic) bond motifs is 1. The lowest BCUT2D eigenvalue weighted by Crippen LogP contribution is -2.49. The van der Waals surface area contributed by atoms with Crippen LogP contribution in [0.2, 0.25) is 0 Å². The van der Waals surface area contributed by atoms with Crippen molar-refractivity contribution in [2.24, 2.45) is 0 Å². The van der Waals surface area contributed by atoms with E-state index >= 15 is 0 Å². The van der Waals surface area contributed by atoms with Crippen LogP contribution in [0.25, 0.3) is 0 Å². The van der Waals surface area contributed by atoms with E-state index in [4.69, 9.17) is 9.84 Å². The molecule has 1 unspecified atom stereocenters. The molecule has 0 aliphatic carbocycles. The predicted octanol–water partition coefficient (Wildman–Crippen LogP) is 0.311. The minimum absolute atomic E-state index is 0.0154. The summed E-state index contributed by atoms with van der Waals surface area (Å²) in [6.45, 7) is 3.45. The van der Waals surface area contributed by atoms with Crippen LogP contribution >= 0.6 is 0 Å². The summed E-state index contributed by atoms with van der Waals surface area (Å²) < 4.78 is 63.3. The van der Waals surface area contributed by atoms with Gasteiger partial charge < -0.3 is 9.84 Å². The highest BCUT2D eigenvalue weighted by atomic mass is 32.2. The molecule has 0 fully saturated rings. The molecule has 2 heterocycles. The average Bonchev–Trinajstić information content (AvgIpc) is 3.13. The molecule has 0 bridgehead atoms. The first-order valence-corrected chi connectivity index (χ1v) is 12.4. The van der Waals surface area contributed by atoms with Crippen molar-refractivity contribution in [1.29, 1.82) is 0 Å². The molecule has 0 spiro atoms. The number of nitrogens with zero attached hydrogens (tertiary/aromatic N) is 3. The van der Waals surface area contributed by atoms with Crippen molar-refractivity contribution in [2.75, 3.05) is 29.8 Å². The molecule has 0 saturated carbocycles. The highest BCUT2D eigenvalue weighted by Crippen LogP contribution is 2.39. The fourth-order valence-electron chi connectivity index (χ4n) is 3.16. The third-order valence-corrected chi connectivity index (χ3v) is 7.67. The van der Waals surface area contributed by atoms with E-state index in [0.717, 1.165) is 4.31 Å². The van der Waals surface area contributed by atoms with E-state index in [-0.39, 0.29) is 35.1 Å². The predicted molar refractivity (Wildman–Crippen MR) is 116 cm³/mol. The van der Waals surface area contributed by atoms with Gasteiger partial charge in [-0.3, -0.25) is 14.3 Å². The molecule has 0 saturated heterocycles. The summed E-state index contributed by atoms with van der Waals surface area (Å²) in [7, 11) is -6.66. The van der Waals surface area contributed by atoms with E-state index < -0.39 is 32.4 Å². The first-order valence-electron chi connectivity index (χ1n) is 9.52. The Morgan fingerprint density at radius 3 is 2.62 bits per heavy atom. The average molecular weight is 489 g/mol. The molecular formula is C17H24N6O7S2. The second-order valence-corrected chi connectivity index (χ2v) is 10.4. The molecule has 1 aromatic carbocycles. The Hall–Kier alpha value is -2.88. The topological polar surface area (TPSA) is 172 Å². The first kappa shape index (κ1) is 23.8. The second kappa shape index (κ2) is 8.93. The van der Waals surface area contributed by atoms with Crippen LogP contribution in [0.15, 0.2) is 29.3 Å². The van der Waals surface area contributed by atoms with Crippen molar-refractivity contribution in [2.45, 2.75) is 31.4 Å². The van der Waals surface area contributed by atoms with Crippen molar-refractivity contribution < 1.29 is 31.5 Å². The summed E-state index contributed by atoms with van der Waals surface area (Å²) >= 11 is 0. The molecule has 1 aromatic heterocycles. The number of aryl methyl sites for hydroxylation is 2. The van der Waals surface area contributed by atoms with Gasteiger partial charge in [0.2, 0.25) is 0 Å². The van der Waals surface area contributed by atoms with E-state index in [1.807, 2.05) is 6.92 Å². The zero-order valence-corrected chi connectivity index (χ0v) is 19.2. The molecule has 32 heavy (non-hydrogen) atoms. The smallest absolute Gasteiger partial charge is 0.409 e. The molecule has 0 radical (unpaired) electrons. The lowest BCUT2D eigenvalue weighted by atomic mass is 10.2. The van der Waals surface area contributed by atoms with Crippen LogP contribution in [0, 0.1) is 6.92 Å². The van der Waals surface area contributed by atoms with Gasteiger partial charge in [-0.05, 0) is 32.0 Å². The van der Waals surface area contributed by atoms with Gasteiger partial charge in [-0.2, -0.15) is 18.2 Å². The SMILES string of the molecule is CCn1cc(S(=O)(=O)N2CC(CNS(=O)(=O)NC)Oc3ccc(NC(=O)O)cc32)c(C)n1. The summed E-state index contributed by atoms with van der Waals surface area (Å²) in [5, 5.41) is 15.4. The van der Waals surface area contributed by atoms with Gasteiger partial charge in [0.1, 0.15) is 16.7 Å². The Morgan fingerprint density at radius 2 is 2.03 bits per heavy atom. The number of benzene rings is 1. The molecule has 2 aromatic rings. The number of hydrogen-bond acceptors (Lipinski definition) is 7. The fraction of sp³-hybridized carbons (Fsp3) is 0.412. The maximum absolute atomic E-state index is 13.6. The number of aromatic nitrogens is 2. The van der Waals surface area contributed by atoms with Crippen molar-refractivity contribution in [3.8, 4) is 5.75 Å². The van der Waals surface area contributed by atoms with Crippen LogP contribution in [-0.2, 0) is 26.8 Å². The normalized spacial score (nSPS) is 16.3. The maximum Gasteiger partial charge on any atom is 0.409 e. The monoisotopic (exact) mass is 488 g/mol. The molecule has 1 aliphatic rings. The molecule has 1 aliphatic heterocycles. The van der Waals surface area contributed by atoms with Crippen molar-refractivity contribution in [3.63, 3.8) is 0 Å². The zero-order chi connectivity index (χ0) is 23.7. The van der Waals surface area contributed by atoms with Gasteiger partial charge in [0.25, 0.3) is 20.2 Å². The Bertz CT molecular complexity index is 1230. The quantitative estimate of drug-likeness (QED) is 0.411. The highest BCUT2D eigenvalue weighted by Gasteiger charge is 2.37. The number of sulfonamides is 1. The van der Waals surface area contributed by atoms with Crippen LogP contribution in [0.5, 0.6) is 5.75 Å². The molecule has 176 valence electrons. The summed E-state index contributed by atoms with van der Waals surface area (Å²) in [5.74, 6) is 0.157. The molecule has 15 heteroatoms. The van der Waals surface area contributed by atoms with Crippen LogP contribution in [0.3, 0.4) is 0 Å². The summed E-state index contributed by atoms with van der Waals surface area (Å²) in [6.07, 6.45) is -0.742. The van der Waals surface area contributed by atoms with Crippen molar-refractivity contribution >= 4 is 37.7 Å². The molecule has 3 rings (SSSR count). The molecule has 1 atom stereocenters. The van der Waals surface area contributed by atoms with Gasteiger partial charge in [-0.25, -0.2) is 17.9 Å². The Balaban J connectivity index is 2.04. The van der Waals surface area contributed by atoms with Crippen molar-refractivity contribution in [1.82, 2.24) is 19.2 Å². The largest absolute Gasteiger partial charge is 0.485 e. The summed E-state index contributed by atoms with van der Waals surface area (Å²) in [5.41, 5.74) is 0.565. The van der Waals surface area contributed by atoms with Gasteiger partial charge in [0, 0.05) is 25.5 Å². The second-order valence-electron chi connectivity index (χ2n) is 6.88. The standard InChI is InChI=1S/C17H24N6O7S2/c1-4-22-10-16(11(2)21-22)31(26,27)23-9-13(8-19-32(28,29)18-3)30-15-6-5-12(7-14(15)23)20-17(24)25/h5-7,10,13,18-20H,4,8-9H2,1-3H3,(H,24,25). The number of carbonyl (C=O) groups is 1. The van der Waals surface area contributed by atoms with Crippen LogP contribution in [0.1, 0.15) is 12.6 Å². The van der Waals surface area contributed by atoms with E-state index in [1.54, 1.807) is 6.92 Å². The third kappa shape index (κ3) is 4.95. The fourth-order valence-corrected chi connectivity index (χ4v) is 5.38. The molecule has 1 amide bonds. The lowest BCUT2D eigenvalue weighted by molar-refractivity contribution is 0.203. The summed E-state index contributed by atoms with van der Waals surface area (Å²) in [6, 6.07) is 4.18. The Kier molecular flexibility index (Phi) is 6.64. The van der Waals surface area contributed by atoms with E-state index in [2.05, 4.69) is 19.9 Å². The molecule has 4 N–H and O–H groups in total. The third-order valence-electron chi connectivity index (χ3n) is 4.71. The Morgan fingerprint density at radius 1 is 1.31 bits per heavy atom. The Labute approximate surface area is 185 Å². The number of amides is 1. The maximum atomic E-state index is 13.6. The highest BCUT2D eigenvalue weighted by molar-refractivity contribution is 7.93. The first-order chi connectivity index (χ1) is 15.0. The van der Waals surface area contributed by atoms with Gasteiger partial charge >= 0.3 is 6.09 Å². The van der Waals surface area contributed by atoms with Crippen LogP contribution in [-0.4, -0.2) is 64.1 Å². The van der Waals surface area contributed by atoms with E-state index in [9.17, 15) is 21.6 Å². The van der Waals surface area contributed by atoms with E-state index in [0.29, 0.717) is 12.2 Å². The van der Waals surface area contributed by atoms with Crippen LogP contribution < -0.4 is 23.8 Å². The number of nitrogens with one attached hydrogen (secondary N) is 3. The minimum atomic E-state index is -4.13. The summed E-state index contributed by atoms with van der Waals surface area (Å²) in [4.78, 5) is 11.0. The van der Waals surface area contributed by atoms with Gasteiger partial charge in [0.05, 0.1) is 24.5 Å². The van der Waals surface area contributed by atoms with Gasteiger partial charge in [0.15, 0.2) is 0 Å². The van der Waals surface area contributed by atoms with Crippen LogP contribution in [0.4, 0.5) is 16.2 Å². The number of ether oxygens (including phenoxy) is 1. The number of rotatable bonds is 8. The molecule has 13 nitrogen and oxygen atoms in total. The van der Waals surface area contributed by atoms with Crippen molar-refractivity contribution in [3.05, 3.63) is 30.1 Å². The number of hydrogen-bond donors (Lipinski definition) is 4. The number of carboxylic acid groups (broad SMARTS) is 1. The minimum Gasteiger partial charge on any atom is -0.485 e. The lowest BCUT2D eigenvalue weighted by Gasteiger charge is -2.35. The van der Waals surface area contributed by atoms with Gasteiger partial charge in [-0.1, -0.05) is 0 Å². The van der Waals surface area contributed by atoms with E-state index in [1.165, 1.54) is 36.1 Å². The molecular weight excluding hydrogens is 464 g/mol. The zero-order valence-electron chi connectivity index (χ0n) is 17.6.